The number of carbonyl (C=O) groups is 2. The molecule has 0 N–H and O–H groups in total. The van der Waals surface area contributed by atoms with Gasteiger partial charge in [0, 0.05) is 12.2 Å². The minimum absolute atomic E-state index is 0.120. The van der Waals surface area contributed by atoms with Crippen LogP contribution in [-0.4, -0.2) is 18.0 Å². The smallest absolute Gasteiger partial charge is 0.336 e. The van der Waals surface area contributed by atoms with E-state index in [0.29, 0.717) is 0 Å². The van der Waals surface area contributed by atoms with E-state index in [0.717, 1.165) is 44.3 Å². The molecular weight excluding hydrogens is 351 g/mol. The van der Waals surface area contributed by atoms with E-state index in [4.69, 9.17) is 32.7 Å². The van der Waals surface area contributed by atoms with E-state index >= 15 is 0 Å². The van der Waals surface area contributed by atoms with E-state index in [1.54, 1.807) is 12.1 Å². The maximum Gasteiger partial charge on any atom is 0.336 e. The zero-order valence-corrected chi connectivity index (χ0v) is 15.4. The van der Waals surface area contributed by atoms with Gasteiger partial charge in [0.05, 0.1) is 5.02 Å². The van der Waals surface area contributed by atoms with Crippen molar-refractivity contribution in [3.8, 4) is 5.75 Å². The Bertz CT molecular complexity index is 584. The highest BCUT2D eigenvalue weighted by Crippen LogP contribution is 2.31. The van der Waals surface area contributed by atoms with E-state index in [1.807, 2.05) is 6.92 Å². The fourth-order valence-corrected chi connectivity index (χ4v) is 2.39. The molecule has 0 aliphatic heterocycles. The van der Waals surface area contributed by atoms with Gasteiger partial charge in [0.2, 0.25) is 0 Å². The van der Waals surface area contributed by atoms with Crippen molar-refractivity contribution in [1.29, 1.82) is 0 Å². The Morgan fingerprint density at radius 3 is 2.46 bits per heavy atom. The maximum absolute atomic E-state index is 11.8. The highest BCUT2D eigenvalue weighted by molar-refractivity contribution is 6.43. The van der Waals surface area contributed by atoms with Crippen LogP contribution in [0.2, 0.25) is 10.0 Å². The Balaban J connectivity index is 2.55. The van der Waals surface area contributed by atoms with Crippen LogP contribution < -0.4 is 4.74 Å². The maximum atomic E-state index is 11.8. The van der Waals surface area contributed by atoms with Crippen molar-refractivity contribution in [2.45, 2.75) is 52.1 Å². The molecule has 0 saturated heterocycles. The standard InChI is InChI=1S/C18H22Cl2O4/c1-3-5-8-13(7-4-2)23-16(21)11-12-17(22)24-15-10-6-9-14(19)18(15)20/h6,9-13H,3-5,7-8H2,1-2H3/b12-11+. The molecule has 1 aromatic carbocycles. The SMILES string of the molecule is CCCCC(CCC)OC(=O)/C=C/C(=O)Oc1cccc(Cl)c1Cl. The van der Waals surface area contributed by atoms with Gasteiger partial charge in [-0.25, -0.2) is 9.59 Å². The summed E-state index contributed by atoms with van der Waals surface area (Å²) < 4.78 is 10.4. The van der Waals surface area contributed by atoms with Crippen LogP contribution in [0, 0.1) is 0 Å². The van der Waals surface area contributed by atoms with Crippen molar-refractivity contribution in [3.05, 3.63) is 40.4 Å². The van der Waals surface area contributed by atoms with Gasteiger partial charge in [-0.15, -0.1) is 0 Å². The number of rotatable bonds is 9. The lowest BCUT2D eigenvalue weighted by atomic mass is 10.1. The van der Waals surface area contributed by atoms with Crippen molar-refractivity contribution in [3.63, 3.8) is 0 Å². The van der Waals surface area contributed by atoms with Gasteiger partial charge in [0.25, 0.3) is 0 Å². The first-order valence-electron chi connectivity index (χ1n) is 8.02. The zero-order chi connectivity index (χ0) is 17.9. The van der Waals surface area contributed by atoms with Crippen LogP contribution in [0.4, 0.5) is 0 Å². The van der Waals surface area contributed by atoms with Crippen LogP contribution in [-0.2, 0) is 14.3 Å². The summed E-state index contributed by atoms with van der Waals surface area (Å²) in [6.45, 7) is 4.12. The van der Waals surface area contributed by atoms with Gasteiger partial charge in [-0.2, -0.15) is 0 Å². The number of halogens is 2. The first kappa shape index (κ1) is 20.5. The van der Waals surface area contributed by atoms with Crippen LogP contribution >= 0.6 is 23.2 Å². The third-order valence-corrected chi connectivity index (χ3v) is 4.06. The molecule has 0 amide bonds. The summed E-state index contributed by atoms with van der Waals surface area (Å²) in [5, 5.41) is 0.426. The van der Waals surface area contributed by atoms with Gasteiger partial charge in [0.1, 0.15) is 11.1 Å². The summed E-state index contributed by atoms with van der Waals surface area (Å²) in [5.74, 6) is -1.14. The molecule has 1 aromatic rings. The van der Waals surface area contributed by atoms with Gasteiger partial charge in [-0.3, -0.25) is 0 Å². The molecule has 6 heteroatoms. The van der Waals surface area contributed by atoms with Gasteiger partial charge in [-0.1, -0.05) is 62.4 Å². The molecule has 0 bridgehead atoms. The van der Waals surface area contributed by atoms with E-state index in [1.165, 1.54) is 6.07 Å². The van der Waals surface area contributed by atoms with Crippen molar-refractivity contribution in [1.82, 2.24) is 0 Å². The normalized spacial score (nSPS) is 12.2. The fraction of sp³-hybridized carbons (Fsp3) is 0.444. The summed E-state index contributed by atoms with van der Waals surface area (Å²) in [5.41, 5.74) is 0. The Kier molecular flexibility index (Phi) is 9.50. The van der Waals surface area contributed by atoms with Gasteiger partial charge >= 0.3 is 11.9 Å². The lowest BCUT2D eigenvalue weighted by Crippen LogP contribution is -2.17. The molecule has 0 heterocycles. The van der Waals surface area contributed by atoms with Crippen LogP contribution in [0.15, 0.2) is 30.4 Å². The molecule has 0 aliphatic rings. The topological polar surface area (TPSA) is 52.6 Å². The molecule has 0 aliphatic carbocycles. The van der Waals surface area contributed by atoms with E-state index in [2.05, 4.69) is 6.92 Å². The fourth-order valence-electron chi connectivity index (χ4n) is 2.06. The summed E-state index contributed by atoms with van der Waals surface area (Å²) >= 11 is 11.8. The molecule has 1 atom stereocenters. The largest absolute Gasteiger partial charge is 0.459 e. The van der Waals surface area contributed by atoms with Crippen molar-refractivity contribution < 1.29 is 19.1 Å². The van der Waals surface area contributed by atoms with Gasteiger partial charge in [-0.05, 0) is 25.0 Å². The number of unbranched alkanes of at least 4 members (excludes halogenated alkanes) is 1. The number of esters is 2. The first-order valence-corrected chi connectivity index (χ1v) is 8.78. The molecule has 4 nitrogen and oxygen atoms in total. The monoisotopic (exact) mass is 372 g/mol. The lowest BCUT2D eigenvalue weighted by Gasteiger charge is -2.15. The number of benzene rings is 1. The number of carbonyl (C=O) groups excluding carboxylic acids is 2. The Labute approximate surface area is 152 Å². The van der Waals surface area contributed by atoms with Crippen molar-refractivity contribution >= 4 is 35.1 Å². The Morgan fingerprint density at radius 2 is 1.79 bits per heavy atom. The van der Waals surface area contributed by atoms with Crippen LogP contribution in [0.25, 0.3) is 0 Å². The molecule has 0 saturated carbocycles. The van der Waals surface area contributed by atoms with Crippen molar-refractivity contribution in [2.75, 3.05) is 0 Å². The molecule has 0 fully saturated rings. The minimum atomic E-state index is -0.725. The van der Waals surface area contributed by atoms with Gasteiger partial charge < -0.3 is 9.47 Å². The molecule has 1 unspecified atom stereocenters. The Hall–Kier alpha value is -1.52. The molecule has 0 spiro atoms. The zero-order valence-electron chi connectivity index (χ0n) is 13.9. The highest BCUT2D eigenvalue weighted by atomic mass is 35.5. The lowest BCUT2D eigenvalue weighted by molar-refractivity contribution is -0.144. The molecule has 1 rings (SSSR count). The molecule has 24 heavy (non-hydrogen) atoms. The van der Waals surface area contributed by atoms with Crippen LogP contribution in [0.1, 0.15) is 46.0 Å². The summed E-state index contributed by atoms with van der Waals surface area (Å²) in [6, 6.07) is 4.71. The number of hydrogen-bond donors (Lipinski definition) is 0. The summed E-state index contributed by atoms with van der Waals surface area (Å²) in [4.78, 5) is 23.6. The second-order valence-corrected chi connectivity index (χ2v) is 6.08. The minimum Gasteiger partial charge on any atom is -0.459 e. The Morgan fingerprint density at radius 1 is 1.08 bits per heavy atom. The summed E-state index contributed by atoms with van der Waals surface area (Å²) in [6.07, 6.45) is 6.57. The van der Waals surface area contributed by atoms with Crippen molar-refractivity contribution in [2.24, 2.45) is 0 Å². The molecular formula is C18H22Cl2O4. The predicted octanol–water partition coefficient (Wildman–Crippen LogP) is 5.36. The third-order valence-electron chi connectivity index (χ3n) is 3.26. The molecule has 132 valence electrons. The summed E-state index contributed by atoms with van der Waals surface area (Å²) in [7, 11) is 0. The number of hydrogen-bond acceptors (Lipinski definition) is 4. The first-order chi connectivity index (χ1) is 11.5. The number of ether oxygens (including phenoxy) is 2. The van der Waals surface area contributed by atoms with E-state index < -0.39 is 11.9 Å². The quantitative estimate of drug-likeness (QED) is 0.332. The predicted molar refractivity (Wildman–Crippen MR) is 95.6 cm³/mol. The van der Waals surface area contributed by atoms with Gasteiger partial charge in [0.15, 0.2) is 5.75 Å². The van der Waals surface area contributed by atoms with E-state index in [9.17, 15) is 9.59 Å². The molecule has 0 radical (unpaired) electrons. The highest BCUT2D eigenvalue weighted by Gasteiger charge is 2.12. The second-order valence-electron chi connectivity index (χ2n) is 5.30. The third kappa shape index (κ3) is 7.37. The average molecular weight is 373 g/mol. The van der Waals surface area contributed by atoms with Crippen LogP contribution in [0.3, 0.4) is 0 Å². The van der Waals surface area contributed by atoms with E-state index in [-0.39, 0.29) is 21.9 Å². The molecule has 0 aromatic heterocycles. The second kappa shape index (κ2) is 11.1. The van der Waals surface area contributed by atoms with Crippen LogP contribution in [0.5, 0.6) is 5.75 Å². The average Bonchev–Trinajstić information content (AvgIpc) is 2.55.